The lowest BCUT2D eigenvalue weighted by atomic mass is 10.1. The minimum absolute atomic E-state index is 0.0241. The third-order valence-electron chi connectivity index (χ3n) is 2.53. The zero-order valence-corrected chi connectivity index (χ0v) is 11.7. The summed E-state index contributed by atoms with van der Waals surface area (Å²) >= 11 is 11.7. The van der Waals surface area contributed by atoms with Crippen LogP contribution in [0.1, 0.15) is 24.3 Å². The minimum Gasteiger partial charge on any atom is -0.292 e. The molecule has 0 aliphatic rings. The average molecular weight is 302 g/mol. The highest BCUT2D eigenvalue weighted by molar-refractivity contribution is 6.33. The zero-order chi connectivity index (χ0) is 14.2. The number of rotatable bonds is 3. The molecule has 2 rings (SSSR count). The lowest BCUT2D eigenvalue weighted by molar-refractivity contribution is 0.0934. The molecule has 1 aromatic heterocycles. The maximum absolute atomic E-state index is 13.9. The number of carbonyl (C=O) groups excluding carboxylic acids is 1. The monoisotopic (exact) mass is 301 g/mol. The highest BCUT2D eigenvalue weighted by Crippen LogP contribution is 2.25. The predicted molar refractivity (Wildman–Crippen MR) is 70.5 cm³/mol. The van der Waals surface area contributed by atoms with E-state index < -0.39 is 5.82 Å². The fourth-order valence-electron chi connectivity index (χ4n) is 1.50. The van der Waals surface area contributed by atoms with Crippen LogP contribution in [-0.2, 0) is 0 Å². The first-order chi connectivity index (χ1) is 8.93. The Morgan fingerprint density at radius 1 is 1.37 bits per heavy atom. The number of ketones is 1. The molecule has 0 amide bonds. The van der Waals surface area contributed by atoms with E-state index >= 15 is 0 Å². The fourth-order valence-corrected chi connectivity index (χ4v) is 1.93. The van der Waals surface area contributed by atoms with Crippen molar-refractivity contribution in [1.82, 2.24) is 15.0 Å². The molecule has 0 aliphatic carbocycles. The molecule has 0 atom stereocenters. The molecule has 0 radical (unpaired) electrons. The second kappa shape index (κ2) is 5.27. The first kappa shape index (κ1) is 14.0. The molecular formula is C12H10Cl2FN3O. The van der Waals surface area contributed by atoms with Crippen molar-refractivity contribution in [3.05, 3.63) is 39.9 Å². The predicted octanol–water partition coefficient (Wildman–Crippen LogP) is 3.55. The van der Waals surface area contributed by atoms with Crippen LogP contribution in [0.15, 0.2) is 18.2 Å². The first-order valence-corrected chi connectivity index (χ1v) is 6.29. The van der Waals surface area contributed by atoms with E-state index in [4.69, 9.17) is 23.2 Å². The third kappa shape index (κ3) is 2.48. The molecule has 0 bridgehead atoms. The number of nitrogens with zero attached hydrogens (tertiary/aromatic N) is 3. The van der Waals surface area contributed by atoms with Gasteiger partial charge in [-0.3, -0.25) is 4.79 Å². The van der Waals surface area contributed by atoms with Crippen LogP contribution in [0.2, 0.25) is 10.2 Å². The van der Waals surface area contributed by atoms with Gasteiger partial charge in [0.25, 0.3) is 0 Å². The lowest BCUT2D eigenvalue weighted by Gasteiger charge is -2.05. The molecule has 2 aromatic rings. The molecule has 0 saturated carbocycles. The van der Waals surface area contributed by atoms with Gasteiger partial charge in [-0.05, 0) is 12.1 Å². The molecular weight excluding hydrogens is 292 g/mol. The zero-order valence-electron chi connectivity index (χ0n) is 10.2. The molecule has 0 fully saturated rings. The van der Waals surface area contributed by atoms with Gasteiger partial charge in [0.1, 0.15) is 5.69 Å². The standard InChI is InChI=1S/C12H10Cl2FN3O/c1-6(2)11(19)10-12(14)18(17-16-10)8-5-3-4-7(13)9(8)15/h3-6H,1-2H3. The topological polar surface area (TPSA) is 47.8 Å². The Morgan fingerprint density at radius 2 is 2.05 bits per heavy atom. The smallest absolute Gasteiger partial charge is 0.188 e. The first-order valence-electron chi connectivity index (χ1n) is 5.53. The second-order valence-corrected chi connectivity index (χ2v) is 5.00. The van der Waals surface area contributed by atoms with Crippen LogP contribution in [0, 0.1) is 11.7 Å². The van der Waals surface area contributed by atoms with E-state index in [1.54, 1.807) is 19.9 Å². The Bertz CT molecular complexity index is 640. The molecule has 0 N–H and O–H groups in total. The Morgan fingerprint density at radius 3 is 2.68 bits per heavy atom. The van der Waals surface area contributed by atoms with Gasteiger partial charge in [-0.1, -0.05) is 48.3 Å². The van der Waals surface area contributed by atoms with E-state index in [2.05, 4.69) is 10.3 Å². The Labute approximate surface area is 119 Å². The summed E-state index contributed by atoms with van der Waals surface area (Å²) in [6.45, 7) is 3.44. The van der Waals surface area contributed by atoms with Gasteiger partial charge in [0.05, 0.1) is 5.02 Å². The van der Waals surface area contributed by atoms with Crippen molar-refractivity contribution in [2.24, 2.45) is 5.92 Å². The number of carbonyl (C=O) groups is 1. The van der Waals surface area contributed by atoms with E-state index in [1.807, 2.05) is 0 Å². The third-order valence-corrected chi connectivity index (χ3v) is 3.16. The molecule has 19 heavy (non-hydrogen) atoms. The van der Waals surface area contributed by atoms with Crippen molar-refractivity contribution >= 4 is 29.0 Å². The van der Waals surface area contributed by atoms with Gasteiger partial charge < -0.3 is 0 Å². The average Bonchev–Trinajstić information content (AvgIpc) is 2.73. The summed E-state index contributed by atoms with van der Waals surface area (Å²) in [5.74, 6) is -1.19. The summed E-state index contributed by atoms with van der Waals surface area (Å²) in [7, 11) is 0. The molecule has 4 nitrogen and oxygen atoms in total. The van der Waals surface area contributed by atoms with Crippen molar-refractivity contribution in [1.29, 1.82) is 0 Å². The summed E-state index contributed by atoms with van der Waals surface area (Å²) < 4.78 is 14.9. The second-order valence-electron chi connectivity index (χ2n) is 4.23. The molecule has 0 saturated heterocycles. The van der Waals surface area contributed by atoms with Crippen molar-refractivity contribution in [3.63, 3.8) is 0 Å². The minimum atomic E-state index is -0.667. The normalized spacial score (nSPS) is 11.1. The van der Waals surface area contributed by atoms with Crippen LogP contribution < -0.4 is 0 Å². The van der Waals surface area contributed by atoms with E-state index in [1.165, 1.54) is 12.1 Å². The van der Waals surface area contributed by atoms with Gasteiger partial charge in [-0.25, -0.2) is 4.39 Å². The Balaban J connectivity index is 2.54. The number of benzene rings is 1. The molecule has 100 valence electrons. The van der Waals surface area contributed by atoms with Crippen LogP contribution in [0.3, 0.4) is 0 Å². The SMILES string of the molecule is CC(C)C(=O)c1nnn(-c2cccc(Cl)c2F)c1Cl. The van der Waals surface area contributed by atoms with Crippen molar-refractivity contribution < 1.29 is 9.18 Å². The largest absolute Gasteiger partial charge is 0.292 e. The van der Waals surface area contributed by atoms with E-state index in [9.17, 15) is 9.18 Å². The lowest BCUT2D eigenvalue weighted by Crippen LogP contribution is -2.09. The number of hydrogen-bond donors (Lipinski definition) is 0. The summed E-state index contributed by atoms with van der Waals surface area (Å²) in [4.78, 5) is 11.8. The van der Waals surface area contributed by atoms with E-state index in [-0.39, 0.29) is 33.3 Å². The molecule has 7 heteroatoms. The summed E-state index contributed by atoms with van der Waals surface area (Å²) in [6.07, 6.45) is 0. The quantitative estimate of drug-likeness (QED) is 0.815. The maximum Gasteiger partial charge on any atom is 0.188 e. The van der Waals surface area contributed by atoms with Crippen LogP contribution in [0.4, 0.5) is 4.39 Å². The highest BCUT2D eigenvalue weighted by Gasteiger charge is 2.22. The Kier molecular flexibility index (Phi) is 3.87. The van der Waals surface area contributed by atoms with Gasteiger partial charge in [0, 0.05) is 5.92 Å². The van der Waals surface area contributed by atoms with Crippen LogP contribution in [0.25, 0.3) is 5.69 Å². The van der Waals surface area contributed by atoms with Crippen molar-refractivity contribution in [3.8, 4) is 5.69 Å². The maximum atomic E-state index is 13.9. The van der Waals surface area contributed by atoms with Crippen molar-refractivity contribution in [2.45, 2.75) is 13.8 Å². The number of halogens is 3. The van der Waals surface area contributed by atoms with Crippen molar-refractivity contribution in [2.75, 3.05) is 0 Å². The molecule has 0 aliphatic heterocycles. The fraction of sp³-hybridized carbons (Fsp3) is 0.250. The van der Waals surface area contributed by atoms with Gasteiger partial charge in [0.2, 0.25) is 0 Å². The molecule has 1 aromatic carbocycles. The van der Waals surface area contributed by atoms with E-state index in [0.29, 0.717) is 0 Å². The van der Waals surface area contributed by atoms with Crippen LogP contribution in [0.5, 0.6) is 0 Å². The molecule has 1 heterocycles. The number of hydrogen-bond acceptors (Lipinski definition) is 3. The summed E-state index contributed by atoms with van der Waals surface area (Å²) in [6, 6.07) is 4.42. The summed E-state index contributed by atoms with van der Waals surface area (Å²) in [5.41, 5.74) is 0.0730. The Hall–Kier alpha value is -1.46. The number of Topliss-reactive ketones (excluding diaryl/α,β-unsaturated/α-hetero) is 1. The number of aromatic nitrogens is 3. The van der Waals surface area contributed by atoms with Gasteiger partial charge in [-0.15, -0.1) is 5.10 Å². The summed E-state index contributed by atoms with van der Waals surface area (Å²) in [5, 5.41) is 7.33. The highest BCUT2D eigenvalue weighted by atomic mass is 35.5. The van der Waals surface area contributed by atoms with Gasteiger partial charge in [0.15, 0.2) is 22.4 Å². The van der Waals surface area contributed by atoms with E-state index in [0.717, 1.165) is 4.68 Å². The van der Waals surface area contributed by atoms with Gasteiger partial charge in [-0.2, -0.15) is 4.68 Å². The molecule has 0 unspecified atom stereocenters. The van der Waals surface area contributed by atoms with Gasteiger partial charge >= 0.3 is 0 Å². The van der Waals surface area contributed by atoms with Crippen LogP contribution in [-0.4, -0.2) is 20.8 Å². The molecule has 0 spiro atoms. The van der Waals surface area contributed by atoms with Crippen LogP contribution >= 0.6 is 23.2 Å².